The Bertz CT molecular complexity index is 1170. The summed E-state index contributed by atoms with van der Waals surface area (Å²) in [6.45, 7) is 1.29. The Morgan fingerprint density at radius 2 is 2.03 bits per heavy atom. The van der Waals surface area contributed by atoms with Crippen molar-refractivity contribution in [1.29, 1.82) is 0 Å². The van der Waals surface area contributed by atoms with E-state index in [-0.39, 0.29) is 35.4 Å². The maximum atomic E-state index is 14.4. The third-order valence-electron chi connectivity index (χ3n) is 6.03. The summed E-state index contributed by atoms with van der Waals surface area (Å²) in [5, 5.41) is 14.0. The zero-order valence-electron chi connectivity index (χ0n) is 16.7. The van der Waals surface area contributed by atoms with Crippen molar-refractivity contribution in [3.63, 3.8) is 0 Å². The van der Waals surface area contributed by atoms with Gasteiger partial charge in [0, 0.05) is 31.4 Å². The standard InChI is InChI=1S/C21H22F2N6O2/c22-12-3-4-15(23)14(10-12)16-2-1-7-28(16)17-6-9-29-20(25-17)18(19(24)26-29)21(31)27-8-5-13(30)11-27/h3-4,6,9-10,13,16,30H,1-2,5,7-8,11H2,(H2,24,26)/t13?,16-/m1/s1. The van der Waals surface area contributed by atoms with Crippen LogP contribution < -0.4 is 10.6 Å². The number of rotatable bonds is 3. The SMILES string of the molecule is Nc1nn2ccc(N3CCC[C@@H]3c3cc(F)ccc3F)nc2c1C(=O)N1CCC(O)C1. The Morgan fingerprint density at radius 1 is 1.19 bits per heavy atom. The summed E-state index contributed by atoms with van der Waals surface area (Å²) in [4.78, 5) is 21.1. The van der Waals surface area contributed by atoms with Crippen molar-refractivity contribution < 1.29 is 18.7 Å². The van der Waals surface area contributed by atoms with E-state index >= 15 is 0 Å². The van der Waals surface area contributed by atoms with Crippen molar-refractivity contribution in [1.82, 2.24) is 19.5 Å². The lowest BCUT2D eigenvalue weighted by atomic mass is 10.0. The van der Waals surface area contributed by atoms with Crippen LogP contribution in [0.25, 0.3) is 5.65 Å². The summed E-state index contributed by atoms with van der Waals surface area (Å²) in [7, 11) is 0. The maximum Gasteiger partial charge on any atom is 0.261 e. The van der Waals surface area contributed by atoms with Gasteiger partial charge < -0.3 is 20.6 Å². The molecule has 10 heteroatoms. The average molecular weight is 428 g/mol. The molecule has 1 amide bonds. The monoisotopic (exact) mass is 428 g/mol. The third kappa shape index (κ3) is 3.36. The van der Waals surface area contributed by atoms with Gasteiger partial charge in [0.05, 0.1) is 12.1 Å². The quantitative estimate of drug-likeness (QED) is 0.663. The molecule has 162 valence electrons. The molecule has 4 heterocycles. The first-order valence-electron chi connectivity index (χ1n) is 10.3. The molecule has 2 fully saturated rings. The fourth-order valence-corrected chi connectivity index (χ4v) is 4.52. The number of β-amino-alcohol motifs (C(OH)–C–C–N with tert-alkyl or cyclic N) is 1. The first-order chi connectivity index (χ1) is 14.9. The number of likely N-dealkylation sites (tertiary alicyclic amines) is 1. The van der Waals surface area contributed by atoms with Gasteiger partial charge in [-0.1, -0.05) is 0 Å². The van der Waals surface area contributed by atoms with E-state index in [2.05, 4.69) is 10.1 Å². The first kappa shape index (κ1) is 19.7. The van der Waals surface area contributed by atoms with Crippen molar-refractivity contribution in [2.24, 2.45) is 0 Å². The number of carbonyl (C=O) groups excluding carboxylic acids is 1. The highest BCUT2D eigenvalue weighted by Crippen LogP contribution is 2.37. The van der Waals surface area contributed by atoms with E-state index in [4.69, 9.17) is 5.73 Å². The first-order valence-corrected chi connectivity index (χ1v) is 10.3. The molecule has 2 aromatic heterocycles. The van der Waals surface area contributed by atoms with Crippen molar-refractivity contribution in [3.05, 3.63) is 53.2 Å². The van der Waals surface area contributed by atoms with Crippen LogP contribution >= 0.6 is 0 Å². The normalized spacial score (nSPS) is 21.4. The predicted molar refractivity (Wildman–Crippen MR) is 110 cm³/mol. The molecule has 0 spiro atoms. The number of hydrogen-bond donors (Lipinski definition) is 2. The molecule has 0 radical (unpaired) electrons. The molecule has 1 aromatic carbocycles. The lowest BCUT2D eigenvalue weighted by molar-refractivity contribution is 0.0767. The molecule has 1 unspecified atom stereocenters. The van der Waals surface area contributed by atoms with E-state index in [1.54, 1.807) is 12.3 Å². The summed E-state index contributed by atoms with van der Waals surface area (Å²) in [6.07, 6.45) is 3.07. The highest BCUT2D eigenvalue weighted by Gasteiger charge is 2.32. The lowest BCUT2D eigenvalue weighted by Gasteiger charge is -2.26. The highest BCUT2D eigenvalue weighted by atomic mass is 19.1. The van der Waals surface area contributed by atoms with Gasteiger partial charge in [-0.25, -0.2) is 18.3 Å². The number of benzene rings is 1. The summed E-state index contributed by atoms with van der Waals surface area (Å²) in [6, 6.07) is 4.82. The molecule has 2 atom stereocenters. The number of aliphatic hydroxyl groups excluding tert-OH is 1. The molecule has 5 rings (SSSR count). The van der Waals surface area contributed by atoms with Crippen molar-refractivity contribution in [2.45, 2.75) is 31.4 Å². The van der Waals surface area contributed by atoms with Gasteiger partial charge in [-0.3, -0.25) is 4.79 Å². The molecular weight excluding hydrogens is 406 g/mol. The van der Waals surface area contributed by atoms with E-state index < -0.39 is 17.7 Å². The van der Waals surface area contributed by atoms with Crippen LogP contribution in [0.3, 0.4) is 0 Å². The molecule has 31 heavy (non-hydrogen) atoms. The predicted octanol–water partition coefficient (Wildman–Crippen LogP) is 2.14. The second kappa shape index (κ2) is 7.45. The minimum atomic E-state index is -0.554. The van der Waals surface area contributed by atoms with Gasteiger partial charge in [0.2, 0.25) is 0 Å². The molecule has 2 aliphatic heterocycles. The molecule has 0 saturated carbocycles. The van der Waals surface area contributed by atoms with Crippen molar-refractivity contribution in [3.8, 4) is 0 Å². The Balaban J connectivity index is 1.53. The maximum absolute atomic E-state index is 14.4. The minimum Gasteiger partial charge on any atom is -0.391 e. The van der Waals surface area contributed by atoms with E-state index in [1.807, 2.05) is 4.90 Å². The largest absolute Gasteiger partial charge is 0.391 e. The van der Waals surface area contributed by atoms with Crippen LogP contribution in [0.2, 0.25) is 0 Å². The molecule has 2 aliphatic rings. The van der Waals surface area contributed by atoms with Gasteiger partial charge in [0.15, 0.2) is 11.5 Å². The fourth-order valence-electron chi connectivity index (χ4n) is 4.52. The highest BCUT2D eigenvalue weighted by molar-refractivity contribution is 6.04. The molecule has 2 saturated heterocycles. The van der Waals surface area contributed by atoms with Gasteiger partial charge in [0.25, 0.3) is 5.91 Å². The number of carbonyl (C=O) groups is 1. The number of nitrogen functional groups attached to an aromatic ring is 1. The lowest BCUT2D eigenvalue weighted by Crippen LogP contribution is -2.30. The second-order valence-electron chi connectivity index (χ2n) is 8.03. The molecule has 3 aromatic rings. The number of halogens is 2. The van der Waals surface area contributed by atoms with Gasteiger partial charge >= 0.3 is 0 Å². The smallest absolute Gasteiger partial charge is 0.261 e. The van der Waals surface area contributed by atoms with E-state index in [0.29, 0.717) is 37.4 Å². The second-order valence-corrected chi connectivity index (χ2v) is 8.03. The molecule has 8 nitrogen and oxygen atoms in total. The van der Waals surface area contributed by atoms with Crippen LogP contribution in [0.1, 0.15) is 41.2 Å². The average Bonchev–Trinajstić information content (AvgIpc) is 3.46. The van der Waals surface area contributed by atoms with Crippen LogP contribution in [0.5, 0.6) is 0 Å². The Hall–Kier alpha value is -3.27. The van der Waals surface area contributed by atoms with E-state index in [9.17, 15) is 18.7 Å². The Morgan fingerprint density at radius 3 is 2.81 bits per heavy atom. The van der Waals surface area contributed by atoms with Crippen LogP contribution in [0.15, 0.2) is 30.5 Å². The number of hydrogen-bond acceptors (Lipinski definition) is 6. The number of nitrogens with two attached hydrogens (primary N) is 1. The Kier molecular flexibility index (Phi) is 4.73. The van der Waals surface area contributed by atoms with Crippen LogP contribution in [0.4, 0.5) is 20.4 Å². The zero-order chi connectivity index (χ0) is 21.7. The van der Waals surface area contributed by atoms with Gasteiger partial charge in [-0.15, -0.1) is 5.10 Å². The van der Waals surface area contributed by atoms with Crippen LogP contribution in [-0.2, 0) is 0 Å². The summed E-state index contributed by atoms with van der Waals surface area (Å²) in [5.74, 6) is -0.686. The molecular formula is C21H22F2N6O2. The Labute approximate surface area is 176 Å². The summed E-state index contributed by atoms with van der Waals surface area (Å²) in [5.41, 5.74) is 6.80. The number of anilines is 2. The number of aliphatic hydroxyl groups is 1. The van der Waals surface area contributed by atoms with E-state index in [1.165, 1.54) is 15.5 Å². The van der Waals surface area contributed by atoms with Crippen molar-refractivity contribution in [2.75, 3.05) is 30.3 Å². The van der Waals surface area contributed by atoms with Gasteiger partial charge in [-0.05, 0) is 43.5 Å². The summed E-state index contributed by atoms with van der Waals surface area (Å²) < 4.78 is 29.6. The zero-order valence-corrected chi connectivity index (χ0v) is 16.7. The third-order valence-corrected chi connectivity index (χ3v) is 6.03. The topological polar surface area (TPSA) is 100.0 Å². The van der Waals surface area contributed by atoms with Gasteiger partial charge in [0.1, 0.15) is 23.0 Å². The summed E-state index contributed by atoms with van der Waals surface area (Å²) >= 11 is 0. The van der Waals surface area contributed by atoms with Gasteiger partial charge in [-0.2, -0.15) is 0 Å². The van der Waals surface area contributed by atoms with E-state index in [0.717, 1.165) is 18.6 Å². The van der Waals surface area contributed by atoms with Crippen molar-refractivity contribution >= 4 is 23.2 Å². The van der Waals surface area contributed by atoms with Crippen LogP contribution in [0, 0.1) is 11.6 Å². The minimum absolute atomic E-state index is 0.0604. The number of fused-ring (bicyclic) bond motifs is 1. The number of aromatic nitrogens is 3. The van der Waals surface area contributed by atoms with Crippen LogP contribution in [-0.4, -0.2) is 56.2 Å². The molecule has 0 bridgehead atoms. The number of amides is 1. The fraction of sp³-hybridized carbons (Fsp3) is 0.381. The molecule has 3 N–H and O–H groups in total. The molecule has 0 aliphatic carbocycles. The number of nitrogens with zero attached hydrogens (tertiary/aromatic N) is 5.